The number of ether oxygens (including phenoxy) is 2. The molecule has 4 aromatic rings. The van der Waals surface area contributed by atoms with Crippen molar-refractivity contribution in [3.63, 3.8) is 0 Å². The zero-order valence-electron chi connectivity index (χ0n) is 18.2. The van der Waals surface area contributed by atoms with Crippen LogP contribution in [-0.2, 0) is 13.2 Å². The Kier molecular flexibility index (Phi) is 6.23. The van der Waals surface area contributed by atoms with Crippen molar-refractivity contribution in [2.45, 2.75) is 40.0 Å². The molecule has 0 bridgehead atoms. The normalized spacial score (nSPS) is 12.1. The summed E-state index contributed by atoms with van der Waals surface area (Å²) in [5.41, 5.74) is 5.08. The fourth-order valence-electron chi connectivity index (χ4n) is 3.77. The van der Waals surface area contributed by atoms with E-state index in [1.54, 1.807) is 0 Å². The van der Waals surface area contributed by atoms with E-state index >= 15 is 0 Å². The second-order valence-corrected chi connectivity index (χ2v) is 7.87. The van der Waals surface area contributed by atoms with E-state index in [0.29, 0.717) is 13.2 Å². The number of aromatic nitrogens is 2. The number of hydrogen-bond donors (Lipinski definition) is 1. The number of para-hydroxylation sites is 4. The minimum atomic E-state index is -0.684. The monoisotopic (exact) mass is 416 g/mol. The van der Waals surface area contributed by atoms with Crippen LogP contribution in [0.4, 0.5) is 0 Å². The van der Waals surface area contributed by atoms with E-state index in [0.717, 1.165) is 45.0 Å². The molecule has 0 spiro atoms. The fourth-order valence-corrected chi connectivity index (χ4v) is 3.77. The molecule has 0 aliphatic heterocycles. The molecule has 1 aromatic heterocycles. The summed E-state index contributed by atoms with van der Waals surface area (Å²) < 4.78 is 14.0. The molecule has 1 heterocycles. The van der Waals surface area contributed by atoms with E-state index in [2.05, 4.69) is 0 Å². The van der Waals surface area contributed by atoms with Crippen molar-refractivity contribution in [3.05, 3.63) is 89.2 Å². The van der Waals surface area contributed by atoms with E-state index in [1.165, 1.54) is 0 Å². The van der Waals surface area contributed by atoms with Gasteiger partial charge in [0.2, 0.25) is 0 Å². The average molecular weight is 417 g/mol. The third-order valence-electron chi connectivity index (χ3n) is 5.41. The molecule has 5 heteroatoms. The van der Waals surface area contributed by atoms with Gasteiger partial charge in [-0.3, -0.25) is 0 Å². The van der Waals surface area contributed by atoms with Crippen molar-refractivity contribution in [1.29, 1.82) is 0 Å². The van der Waals surface area contributed by atoms with Crippen molar-refractivity contribution in [3.8, 4) is 11.5 Å². The molecule has 3 aromatic carbocycles. The van der Waals surface area contributed by atoms with Gasteiger partial charge in [-0.15, -0.1) is 0 Å². The van der Waals surface area contributed by atoms with Crippen LogP contribution in [0.1, 0.15) is 22.5 Å². The van der Waals surface area contributed by atoms with Gasteiger partial charge in [-0.05, 0) is 55.7 Å². The minimum absolute atomic E-state index is 0.203. The van der Waals surface area contributed by atoms with Crippen LogP contribution in [0.25, 0.3) is 11.0 Å². The van der Waals surface area contributed by atoms with Crippen LogP contribution < -0.4 is 9.47 Å². The second-order valence-electron chi connectivity index (χ2n) is 7.87. The standard InChI is InChI=1S/C26H28N2O3/c1-18-9-4-7-14-24(18)30-16-21(29)15-28-23-13-6-5-12-22(23)27-25(28)17-31-26-19(2)10-8-11-20(26)3/h4-14,21,29H,15-17H2,1-3H3. The van der Waals surface area contributed by atoms with Crippen LogP contribution in [0.15, 0.2) is 66.7 Å². The number of benzene rings is 3. The average Bonchev–Trinajstić information content (AvgIpc) is 3.10. The van der Waals surface area contributed by atoms with E-state index < -0.39 is 6.10 Å². The second kappa shape index (κ2) is 9.23. The molecule has 0 aliphatic rings. The number of aryl methyl sites for hydroxylation is 3. The molecule has 0 amide bonds. The zero-order chi connectivity index (χ0) is 21.8. The number of nitrogens with zero attached hydrogens (tertiary/aromatic N) is 2. The minimum Gasteiger partial charge on any atom is -0.491 e. The number of aliphatic hydroxyl groups excluding tert-OH is 1. The maximum atomic E-state index is 10.7. The molecule has 5 nitrogen and oxygen atoms in total. The van der Waals surface area contributed by atoms with Crippen LogP contribution in [0.2, 0.25) is 0 Å². The molecule has 0 saturated heterocycles. The lowest BCUT2D eigenvalue weighted by Gasteiger charge is -2.17. The van der Waals surface area contributed by atoms with Crippen LogP contribution in [0.3, 0.4) is 0 Å². The molecule has 0 saturated carbocycles. The van der Waals surface area contributed by atoms with E-state index in [4.69, 9.17) is 14.5 Å². The fraction of sp³-hybridized carbons (Fsp3) is 0.269. The molecular formula is C26H28N2O3. The first-order valence-corrected chi connectivity index (χ1v) is 10.5. The Hall–Kier alpha value is -3.31. The van der Waals surface area contributed by atoms with E-state index in [1.807, 2.05) is 92.1 Å². The van der Waals surface area contributed by atoms with E-state index in [9.17, 15) is 5.11 Å². The molecule has 1 N–H and O–H groups in total. The van der Waals surface area contributed by atoms with Crippen molar-refractivity contribution in [2.75, 3.05) is 6.61 Å². The Bertz CT molecular complexity index is 1160. The van der Waals surface area contributed by atoms with Gasteiger partial charge in [-0.1, -0.05) is 48.5 Å². The Labute approximate surface area is 182 Å². The maximum absolute atomic E-state index is 10.7. The van der Waals surface area contributed by atoms with Gasteiger partial charge in [-0.2, -0.15) is 0 Å². The Morgan fingerprint density at radius 3 is 2.29 bits per heavy atom. The van der Waals surface area contributed by atoms with Crippen molar-refractivity contribution in [2.24, 2.45) is 0 Å². The van der Waals surface area contributed by atoms with Crippen molar-refractivity contribution in [1.82, 2.24) is 9.55 Å². The molecular weight excluding hydrogens is 388 g/mol. The molecule has 1 unspecified atom stereocenters. The Morgan fingerprint density at radius 1 is 0.839 bits per heavy atom. The number of imidazole rings is 1. The quantitative estimate of drug-likeness (QED) is 0.440. The van der Waals surface area contributed by atoms with Crippen molar-refractivity contribution >= 4 is 11.0 Å². The first-order valence-electron chi connectivity index (χ1n) is 10.5. The largest absolute Gasteiger partial charge is 0.491 e. The lowest BCUT2D eigenvalue weighted by molar-refractivity contribution is 0.0914. The van der Waals surface area contributed by atoms with Gasteiger partial charge in [0.05, 0.1) is 17.6 Å². The molecule has 160 valence electrons. The highest BCUT2D eigenvalue weighted by atomic mass is 16.5. The first kappa shape index (κ1) is 20.9. The molecule has 4 rings (SSSR count). The van der Waals surface area contributed by atoms with Gasteiger partial charge in [0.25, 0.3) is 0 Å². The lowest BCUT2D eigenvalue weighted by atomic mass is 10.1. The van der Waals surface area contributed by atoms with Crippen LogP contribution in [-0.4, -0.2) is 27.4 Å². The highest BCUT2D eigenvalue weighted by Crippen LogP contribution is 2.25. The van der Waals surface area contributed by atoms with Gasteiger partial charge in [-0.25, -0.2) is 4.98 Å². The summed E-state index contributed by atoms with van der Waals surface area (Å²) in [4.78, 5) is 4.76. The van der Waals surface area contributed by atoms with Crippen LogP contribution in [0, 0.1) is 20.8 Å². The summed E-state index contributed by atoms with van der Waals surface area (Å²) in [6.07, 6.45) is -0.684. The van der Waals surface area contributed by atoms with Crippen LogP contribution >= 0.6 is 0 Å². The zero-order valence-corrected chi connectivity index (χ0v) is 18.2. The number of fused-ring (bicyclic) bond motifs is 1. The van der Waals surface area contributed by atoms with Crippen LogP contribution in [0.5, 0.6) is 11.5 Å². The molecule has 31 heavy (non-hydrogen) atoms. The molecule has 1 atom stereocenters. The SMILES string of the molecule is Cc1ccccc1OCC(O)Cn1c(COc2c(C)cccc2C)nc2ccccc21. The smallest absolute Gasteiger partial charge is 0.148 e. The summed E-state index contributed by atoms with van der Waals surface area (Å²) in [5.74, 6) is 2.44. The third kappa shape index (κ3) is 4.72. The van der Waals surface area contributed by atoms with Gasteiger partial charge < -0.3 is 19.1 Å². The van der Waals surface area contributed by atoms with Gasteiger partial charge in [0.1, 0.15) is 36.6 Å². The summed E-state index contributed by atoms with van der Waals surface area (Å²) in [6.45, 7) is 6.97. The third-order valence-corrected chi connectivity index (χ3v) is 5.41. The predicted molar refractivity (Wildman–Crippen MR) is 123 cm³/mol. The summed E-state index contributed by atoms with van der Waals surface area (Å²) in [7, 11) is 0. The number of aliphatic hydroxyl groups is 1. The lowest BCUT2D eigenvalue weighted by Crippen LogP contribution is -2.25. The Balaban J connectivity index is 1.53. The predicted octanol–water partition coefficient (Wildman–Crippen LogP) is 4.98. The molecule has 0 fully saturated rings. The summed E-state index contributed by atoms with van der Waals surface area (Å²) >= 11 is 0. The van der Waals surface area contributed by atoms with E-state index in [-0.39, 0.29) is 6.61 Å². The molecule has 0 radical (unpaired) electrons. The topological polar surface area (TPSA) is 56.5 Å². The number of rotatable bonds is 8. The van der Waals surface area contributed by atoms with Gasteiger partial charge in [0, 0.05) is 0 Å². The summed E-state index contributed by atoms with van der Waals surface area (Å²) in [5, 5.41) is 10.7. The van der Waals surface area contributed by atoms with Crippen molar-refractivity contribution < 1.29 is 14.6 Å². The number of hydrogen-bond acceptors (Lipinski definition) is 4. The Morgan fingerprint density at radius 2 is 1.52 bits per heavy atom. The van der Waals surface area contributed by atoms with Gasteiger partial charge in [0.15, 0.2) is 0 Å². The highest BCUT2D eigenvalue weighted by molar-refractivity contribution is 5.75. The first-order chi connectivity index (χ1) is 15.0. The van der Waals surface area contributed by atoms with Gasteiger partial charge >= 0.3 is 0 Å². The highest BCUT2D eigenvalue weighted by Gasteiger charge is 2.16. The maximum Gasteiger partial charge on any atom is 0.148 e. The molecule has 0 aliphatic carbocycles. The summed E-state index contributed by atoms with van der Waals surface area (Å²) in [6, 6.07) is 21.9.